The van der Waals surface area contributed by atoms with Crippen LogP contribution in [0.5, 0.6) is 0 Å². The average Bonchev–Trinajstić information content (AvgIpc) is 2.61. The van der Waals surface area contributed by atoms with Crippen molar-refractivity contribution in [3.8, 4) is 0 Å². The number of carbonyl (C=O) groups is 2. The minimum absolute atomic E-state index is 0.0408. The van der Waals surface area contributed by atoms with Crippen molar-refractivity contribution < 1.29 is 9.59 Å². The number of likely N-dealkylation sites (tertiary alicyclic amines) is 1. The molecule has 26 heavy (non-hydrogen) atoms. The van der Waals surface area contributed by atoms with Crippen molar-refractivity contribution >= 4 is 17.5 Å². The fourth-order valence-electron chi connectivity index (χ4n) is 4.20. The summed E-state index contributed by atoms with van der Waals surface area (Å²) >= 11 is 0. The van der Waals surface area contributed by atoms with Crippen molar-refractivity contribution in [2.75, 3.05) is 50.7 Å². The van der Waals surface area contributed by atoms with E-state index >= 15 is 0 Å². The van der Waals surface area contributed by atoms with E-state index in [9.17, 15) is 9.59 Å². The van der Waals surface area contributed by atoms with E-state index in [-0.39, 0.29) is 11.7 Å². The summed E-state index contributed by atoms with van der Waals surface area (Å²) in [6, 6.07) is 3.63. The Labute approximate surface area is 156 Å². The van der Waals surface area contributed by atoms with Crippen LogP contribution in [0.25, 0.3) is 0 Å². The van der Waals surface area contributed by atoms with Crippen molar-refractivity contribution in [3.63, 3.8) is 0 Å². The minimum Gasteiger partial charge on any atom is -0.353 e. The highest BCUT2D eigenvalue weighted by atomic mass is 16.2. The normalized spacial score (nSPS) is 24.6. The molecule has 1 aromatic heterocycles. The molecular weight excluding hydrogens is 328 g/mol. The maximum Gasteiger partial charge on any atom is 0.236 e. The van der Waals surface area contributed by atoms with Crippen LogP contribution in [0, 0.1) is 11.8 Å². The Bertz CT molecular complexity index is 645. The van der Waals surface area contributed by atoms with Crippen LogP contribution >= 0.6 is 0 Å². The van der Waals surface area contributed by atoms with Gasteiger partial charge in [0, 0.05) is 45.5 Å². The molecule has 3 heterocycles. The second-order valence-electron chi connectivity index (χ2n) is 7.94. The summed E-state index contributed by atoms with van der Waals surface area (Å²) in [6.07, 6.45) is 2.95. The average molecular weight is 358 g/mol. The lowest BCUT2D eigenvalue weighted by Gasteiger charge is -2.39. The Hall–Kier alpha value is -1.95. The topological polar surface area (TPSA) is 56.8 Å². The lowest BCUT2D eigenvalue weighted by atomic mass is 9.92. The van der Waals surface area contributed by atoms with Crippen molar-refractivity contribution in [2.24, 2.45) is 11.8 Å². The molecule has 0 aliphatic carbocycles. The molecule has 2 aliphatic heterocycles. The van der Waals surface area contributed by atoms with Gasteiger partial charge in [-0.05, 0) is 37.3 Å². The van der Waals surface area contributed by atoms with Gasteiger partial charge in [0.2, 0.25) is 5.91 Å². The Kier molecular flexibility index (Phi) is 5.91. The van der Waals surface area contributed by atoms with Gasteiger partial charge in [0.05, 0.1) is 12.1 Å². The van der Waals surface area contributed by atoms with Crippen LogP contribution in [-0.4, -0.2) is 72.3 Å². The molecule has 0 unspecified atom stereocenters. The number of ketones is 1. The van der Waals surface area contributed by atoms with Gasteiger partial charge in [-0.2, -0.15) is 0 Å². The molecule has 2 fully saturated rings. The van der Waals surface area contributed by atoms with Crippen LogP contribution in [0.4, 0.5) is 5.82 Å². The van der Waals surface area contributed by atoms with Gasteiger partial charge in [-0.1, -0.05) is 13.8 Å². The molecule has 6 nitrogen and oxygen atoms in total. The van der Waals surface area contributed by atoms with E-state index in [1.807, 2.05) is 11.0 Å². The van der Waals surface area contributed by atoms with Crippen LogP contribution in [0.3, 0.4) is 0 Å². The maximum absolute atomic E-state index is 12.7. The van der Waals surface area contributed by atoms with E-state index in [1.54, 1.807) is 19.2 Å². The van der Waals surface area contributed by atoms with Gasteiger partial charge < -0.3 is 9.80 Å². The number of aromatic nitrogens is 1. The van der Waals surface area contributed by atoms with Crippen molar-refractivity contribution in [1.82, 2.24) is 14.8 Å². The third-order valence-electron chi connectivity index (χ3n) is 5.42. The van der Waals surface area contributed by atoms with Crippen LogP contribution in [0.1, 0.15) is 37.6 Å². The fraction of sp³-hybridized carbons (Fsp3) is 0.650. The number of anilines is 1. The van der Waals surface area contributed by atoms with Crippen molar-refractivity contribution in [3.05, 3.63) is 23.9 Å². The molecule has 2 aliphatic rings. The van der Waals surface area contributed by atoms with E-state index < -0.39 is 0 Å². The van der Waals surface area contributed by atoms with Crippen molar-refractivity contribution in [2.45, 2.75) is 27.2 Å². The number of amides is 1. The number of hydrogen-bond acceptors (Lipinski definition) is 5. The van der Waals surface area contributed by atoms with E-state index in [0.29, 0.717) is 23.9 Å². The molecule has 0 radical (unpaired) electrons. The summed E-state index contributed by atoms with van der Waals surface area (Å²) in [5.74, 6) is 2.24. The van der Waals surface area contributed by atoms with Crippen LogP contribution in [0.15, 0.2) is 18.3 Å². The van der Waals surface area contributed by atoms with E-state index in [1.165, 1.54) is 6.42 Å². The summed E-state index contributed by atoms with van der Waals surface area (Å²) < 4.78 is 0. The number of piperazine rings is 1. The monoisotopic (exact) mass is 358 g/mol. The summed E-state index contributed by atoms with van der Waals surface area (Å²) in [7, 11) is 0. The van der Waals surface area contributed by atoms with E-state index in [0.717, 1.165) is 45.1 Å². The lowest BCUT2D eigenvalue weighted by molar-refractivity contribution is -0.135. The van der Waals surface area contributed by atoms with Crippen LogP contribution in [-0.2, 0) is 4.79 Å². The Balaban J connectivity index is 1.54. The molecule has 2 saturated heterocycles. The fourth-order valence-corrected chi connectivity index (χ4v) is 4.20. The molecule has 1 aromatic rings. The molecule has 0 N–H and O–H groups in total. The molecule has 2 atom stereocenters. The molecule has 1 amide bonds. The summed E-state index contributed by atoms with van der Waals surface area (Å²) in [5, 5.41) is 0. The number of piperidine rings is 1. The number of carbonyl (C=O) groups excluding carboxylic acids is 2. The maximum atomic E-state index is 12.7. The second kappa shape index (κ2) is 8.16. The van der Waals surface area contributed by atoms with Gasteiger partial charge >= 0.3 is 0 Å². The first kappa shape index (κ1) is 18.8. The highest BCUT2D eigenvalue weighted by Gasteiger charge is 2.28. The predicted molar refractivity (Wildman–Crippen MR) is 102 cm³/mol. The lowest BCUT2D eigenvalue weighted by Crippen LogP contribution is -2.52. The zero-order valence-electron chi connectivity index (χ0n) is 16.1. The predicted octanol–water partition coefficient (Wildman–Crippen LogP) is 1.91. The number of nitrogens with zero attached hydrogens (tertiary/aromatic N) is 4. The second-order valence-corrected chi connectivity index (χ2v) is 7.94. The quantitative estimate of drug-likeness (QED) is 0.770. The third-order valence-corrected chi connectivity index (χ3v) is 5.42. The smallest absolute Gasteiger partial charge is 0.236 e. The molecule has 0 saturated carbocycles. The Morgan fingerprint density at radius 3 is 2.38 bits per heavy atom. The highest BCUT2D eigenvalue weighted by Crippen LogP contribution is 2.22. The van der Waals surface area contributed by atoms with Crippen LogP contribution < -0.4 is 4.90 Å². The standard InChI is InChI=1S/C20H30N4O2/c1-15-11-16(2)13-24(12-15)19(26)14-22-7-9-23(10-8-22)20-18(17(3)25)5-4-6-21-20/h4-6,15-16H,7-14H2,1-3H3/t15-,16-/m1/s1. The molecule has 3 rings (SSSR count). The van der Waals surface area contributed by atoms with Crippen LogP contribution in [0.2, 0.25) is 0 Å². The molecule has 0 aromatic carbocycles. The van der Waals surface area contributed by atoms with Crippen molar-refractivity contribution in [1.29, 1.82) is 0 Å². The first-order valence-corrected chi connectivity index (χ1v) is 9.65. The number of rotatable bonds is 4. The van der Waals surface area contributed by atoms with Gasteiger partial charge in [-0.3, -0.25) is 14.5 Å². The van der Waals surface area contributed by atoms with Gasteiger partial charge in [-0.25, -0.2) is 4.98 Å². The summed E-state index contributed by atoms with van der Waals surface area (Å²) in [4.78, 5) is 35.3. The first-order valence-electron chi connectivity index (χ1n) is 9.65. The molecule has 6 heteroatoms. The number of hydrogen-bond donors (Lipinski definition) is 0. The Morgan fingerprint density at radius 2 is 1.77 bits per heavy atom. The molecule has 142 valence electrons. The molecule has 0 bridgehead atoms. The van der Waals surface area contributed by atoms with Gasteiger partial charge in [-0.15, -0.1) is 0 Å². The molecular formula is C20H30N4O2. The van der Waals surface area contributed by atoms with Gasteiger partial charge in [0.25, 0.3) is 0 Å². The number of pyridine rings is 1. The zero-order chi connectivity index (χ0) is 18.7. The number of Topliss-reactive ketones (excluding diaryl/α,β-unsaturated/α-hetero) is 1. The molecule has 0 spiro atoms. The van der Waals surface area contributed by atoms with Gasteiger partial charge in [0.1, 0.15) is 5.82 Å². The highest BCUT2D eigenvalue weighted by molar-refractivity contribution is 5.98. The minimum atomic E-state index is 0.0408. The third kappa shape index (κ3) is 4.41. The summed E-state index contributed by atoms with van der Waals surface area (Å²) in [5.41, 5.74) is 0.674. The first-order chi connectivity index (χ1) is 12.4. The summed E-state index contributed by atoms with van der Waals surface area (Å²) in [6.45, 7) is 11.5. The van der Waals surface area contributed by atoms with E-state index in [2.05, 4.69) is 28.6 Å². The SMILES string of the molecule is CC(=O)c1cccnc1N1CCN(CC(=O)N2C[C@H](C)C[C@@H](C)C2)CC1. The largest absolute Gasteiger partial charge is 0.353 e. The van der Waals surface area contributed by atoms with E-state index in [4.69, 9.17) is 0 Å². The Morgan fingerprint density at radius 1 is 1.12 bits per heavy atom. The van der Waals surface area contributed by atoms with Gasteiger partial charge in [0.15, 0.2) is 5.78 Å². The zero-order valence-corrected chi connectivity index (χ0v) is 16.1.